The number of hydrogen-bond donors (Lipinski definition) is 2. The molecule has 0 heterocycles. The third-order valence-electron chi connectivity index (χ3n) is 2.18. The highest BCUT2D eigenvalue weighted by atomic mass is 35.5. The Hall–Kier alpha value is -1.55. The first kappa shape index (κ1) is 13.5. The SMILES string of the molecule is CC(=O)Nc1cc(NC(=O)C(C)Cl)ccc1C. The number of aryl methyl sites for hydroxylation is 1. The number of hydrogen-bond acceptors (Lipinski definition) is 2. The minimum Gasteiger partial charge on any atom is -0.326 e. The predicted octanol–water partition coefficient (Wildman–Crippen LogP) is 2.52. The second kappa shape index (κ2) is 5.68. The van der Waals surface area contributed by atoms with E-state index in [0.29, 0.717) is 11.4 Å². The van der Waals surface area contributed by atoms with E-state index in [2.05, 4.69) is 10.6 Å². The summed E-state index contributed by atoms with van der Waals surface area (Å²) in [6.45, 7) is 4.91. The van der Waals surface area contributed by atoms with E-state index >= 15 is 0 Å². The topological polar surface area (TPSA) is 58.2 Å². The molecule has 17 heavy (non-hydrogen) atoms. The zero-order chi connectivity index (χ0) is 13.0. The number of carbonyl (C=O) groups is 2. The van der Waals surface area contributed by atoms with Crippen molar-refractivity contribution in [1.29, 1.82) is 0 Å². The monoisotopic (exact) mass is 254 g/mol. The summed E-state index contributed by atoms with van der Waals surface area (Å²) < 4.78 is 0. The molecule has 92 valence electrons. The summed E-state index contributed by atoms with van der Waals surface area (Å²) >= 11 is 5.65. The Morgan fingerprint density at radius 1 is 1.29 bits per heavy atom. The fourth-order valence-corrected chi connectivity index (χ4v) is 1.32. The molecule has 0 saturated heterocycles. The van der Waals surface area contributed by atoms with Gasteiger partial charge in [-0.05, 0) is 31.5 Å². The Bertz CT molecular complexity index is 444. The van der Waals surface area contributed by atoms with E-state index in [1.54, 1.807) is 19.1 Å². The van der Waals surface area contributed by atoms with Crippen LogP contribution >= 0.6 is 11.6 Å². The van der Waals surface area contributed by atoms with Crippen molar-refractivity contribution in [3.05, 3.63) is 23.8 Å². The Morgan fingerprint density at radius 2 is 1.94 bits per heavy atom. The van der Waals surface area contributed by atoms with Crippen LogP contribution in [-0.2, 0) is 9.59 Å². The van der Waals surface area contributed by atoms with Gasteiger partial charge in [0.15, 0.2) is 0 Å². The Labute approximate surface area is 105 Å². The lowest BCUT2D eigenvalue weighted by Gasteiger charge is -2.11. The molecular formula is C12H15ClN2O2. The van der Waals surface area contributed by atoms with Gasteiger partial charge in [0.05, 0.1) is 0 Å². The number of rotatable bonds is 3. The molecule has 1 atom stereocenters. The summed E-state index contributed by atoms with van der Waals surface area (Å²) in [5.41, 5.74) is 2.21. The van der Waals surface area contributed by atoms with Crippen molar-refractivity contribution in [2.45, 2.75) is 26.1 Å². The molecule has 4 nitrogen and oxygen atoms in total. The van der Waals surface area contributed by atoms with Crippen LogP contribution in [0.3, 0.4) is 0 Å². The van der Waals surface area contributed by atoms with Gasteiger partial charge in [0, 0.05) is 18.3 Å². The molecule has 5 heteroatoms. The number of carbonyl (C=O) groups excluding carboxylic acids is 2. The molecule has 0 aliphatic carbocycles. The van der Waals surface area contributed by atoms with Gasteiger partial charge in [-0.3, -0.25) is 9.59 Å². The van der Waals surface area contributed by atoms with Crippen LogP contribution in [-0.4, -0.2) is 17.2 Å². The van der Waals surface area contributed by atoms with Gasteiger partial charge < -0.3 is 10.6 Å². The molecule has 1 unspecified atom stereocenters. The van der Waals surface area contributed by atoms with Gasteiger partial charge in [0.1, 0.15) is 5.38 Å². The highest BCUT2D eigenvalue weighted by molar-refractivity contribution is 6.32. The maximum atomic E-state index is 11.4. The molecule has 0 aliphatic rings. The smallest absolute Gasteiger partial charge is 0.242 e. The van der Waals surface area contributed by atoms with Crippen LogP contribution in [0.25, 0.3) is 0 Å². The fourth-order valence-electron chi connectivity index (χ4n) is 1.27. The molecule has 2 amide bonds. The van der Waals surface area contributed by atoms with Crippen molar-refractivity contribution in [1.82, 2.24) is 0 Å². The fraction of sp³-hybridized carbons (Fsp3) is 0.333. The highest BCUT2D eigenvalue weighted by Crippen LogP contribution is 2.20. The number of anilines is 2. The average Bonchev–Trinajstić information content (AvgIpc) is 2.22. The third kappa shape index (κ3) is 4.07. The maximum absolute atomic E-state index is 11.4. The molecule has 1 aromatic carbocycles. The standard InChI is InChI=1S/C12H15ClN2O2/c1-7-4-5-10(15-12(17)8(2)13)6-11(7)14-9(3)16/h4-6,8H,1-3H3,(H,14,16)(H,15,17). The summed E-state index contributed by atoms with van der Waals surface area (Å²) in [5.74, 6) is -0.424. The molecule has 0 aromatic heterocycles. The second-order valence-corrected chi connectivity index (χ2v) is 4.47. The zero-order valence-electron chi connectivity index (χ0n) is 10.0. The summed E-state index contributed by atoms with van der Waals surface area (Å²) in [5, 5.41) is 4.76. The van der Waals surface area contributed by atoms with E-state index in [1.165, 1.54) is 6.92 Å². The molecule has 1 rings (SSSR count). The summed E-state index contributed by atoms with van der Waals surface area (Å²) in [4.78, 5) is 22.4. The van der Waals surface area contributed by atoms with Crippen molar-refractivity contribution in [2.75, 3.05) is 10.6 Å². The van der Waals surface area contributed by atoms with Gasteiger partial charge in [0.25, 0.3) is 0 Å². The third-order valence-corrected chi connectivity index (χ3v) is 2.38. The first-order chi connectivity index (χ1) is 7.90. The quantitative estimate of drug-likeness (QED) is 0.815. The lowest BCUT2D eigenvalue weighted by molar-refractivity contribution is -0.115. The van der Waals surface area contributed by atoms with Gasteiger partial charge in [-0.2, -0.15) is 0 Å². The van der Waals surface area contributed by atoms with E-state index in [-0.39, 0.29) is 11.8 Å². The van der Waals surface area contributed by atoms with Crippen LogP contribution < -0.4 is 10.6 Å². The van der Waals surface area contributed by atoms with E-state index in [9.17, 15) is 9.59 Å². The predicted molar refractivity (Wildman–Crippen MR) is 69.4 cm³/mol. The molecule has 0 spiro atoms. The average molecular weight is 255 g/mol. The van der Waals surface area contributed by atoms with Crippen molar-refractivity contribution in [3.63, 3.8) is 0 Å². The van der Waals surface area contributed by atoms with E-state index in [0.717, 1.165) is 5.56 Å². The molecule has 0 bridgehead atoms. The van der Waals surface area contributed by atoms with Crippen molar-refractivity contribution in [2.24, 2.45) is 0 Å². The number of amides is 2. The lowest BCUT2D eigenvalue weighted by atomic mass is 10.1. The molecule has 0 aliphatic heterocycles. The lowest BCUT2D eigenvalue weighted by Crippen LogP contribution is -2.20. The van der Waals surface area contributed by atoms with Crippen LogP contribution in [0.1, 0.15) is 19.4 Å². The minimum absolute atomic E-state index is 0.151. The number of benzene rings is 1. The summed E-state index contributed by atoms with van der Waals surface area (Å²) in [7, 11) is 0. The Morgan fingerprint density at radius 3 is 2.47 bits per heavy atom. The van der Waals surface area contributed by atoms with Crippen LogP contribution in [0.5, 0.6) is 0 Å². The summed E-state index contributed by atoms with van der Waals surface area (Å²) in [6, 6.07) is 5.28. The molecule has 2 N–H and O–H groups in total. The van der Waals surface area contributed by atoms with Crippen molar-refractivity contribution in [3.8, 4) is 0 Å². The number of halogens is 1. The van der Waals surface area contributed by atoms with E-state index in [4.69, 9.17) is 11.6 Å². The van der Waals surface area contributed by atoms with Gasteiger partial charge >= 0.3 is 0 Å². The van der Waals surface area contributed by atoms with Crippen molar-refractivity contribution < 1.29 is 9.59 Å². The number of alkyl halides is 1. The first-order valence-corrected chi connectivity index (χ1v) is 5.67. The molecular weight excluding hydrogens is 240 g/mol. The van der Waals surface area contributed by atoms with Gasteiger partial charge in [-0.25, -0.2) is 0 Å². The van der Waals surface area contributed by atoms with Gasteiger partial charge in [0.2, 0.25) is 11.8 Å². The molecule has 0 radical (unpaired) electrons. The molecule has 0 saturated carbocycles. The molecule has 1 aromatic rings. The van der Waals surface area contributed by atoms with Crippen molar-refractivity contribution >= 4 is 34.8 Å². The van der Waals surface area contributed by atoms with Gasteiger partial charge in [-0.1, -0.05) is 6.07 Å². The zero-order valence-corrected chi connectivity index (χ0v) is 10.8. The first-order valence-electron chi connectivity index (χ1n) is 5.23. The maximum Gasteiger partial charge on any atom is 0.242 e. The van der Waals surface area contributed by atoms with Crippen LogP contribution in [0.15, 0.2) is 18.2 Å². The van der Waals surface area contributed by atoms with Crippen LogP contribution in [0.2, 0.25) is 0 Å². The van der Waals surface area contributed by atoms with Gasteiger partial charge in [-0.15, -0.1) is 11.6 Å². The Balaban J connectivity index is 2.88. The minimum atomic E-state index is -0.597. The van der Waals surface area contributed by atoms with Crippen LogP contribution in [0.4, 0.5) is 11.4 Å². The normalized spacial score (nSPS) is 11.8. The summed E-state index contributed by atoms with van der Waals surface area (Å²) in [6.07, 6.45) is 0. The Kier molecular flexibility index (Phi) is 4.52. The van der Waals surface area contributed by atoms with E-state index < -0.39 is 5.38 Å². The van der Waals surface area contributed by atoms with Crippen LogP contribution in [0, 0.1) is 6.92 Å². The molecule has 0 fully saturated rings. The largest absolute Gasteiger partial charge is 0.326 e. The van der Waals surface area contributed by atoms with E-state index in [1.807, 2.05) is 13.0 Å². The second-order valence-electron chi connectivity index (χ2n) is 3.82. The highest BCUT2D eigenvalue weighted by Gasteiger charge is 2.10. The number of nitrogens with one attached hydrogen (secondary N) is 2.